The van der Waals surface area contributed by atoms with E-state index in [4.69, 9.17) is 6.42 Å². The molecule has 1 fully saturated rings. The lowest BCUT2D eigenvalue weighted by Crippen LogP contribution is -2.21. The van der Waals surface area contributed by atoms with Crippen molar-refractivity contribution in [3.63, 3.8) is 0 Å². The van der Waals surface area contributed by atoms with E-state index >= 15 is 0 Å². The number of terminal acetylenes is 1. The Hall–Kier alpha value is -0.970. The third kappa shape index (κ3) is 0.904. The molecule has 48 valence electrons. The molecule has 1 aliphatic heterocycles. The minimum atomic E-state index is -0.144. The zero-order valence-corrected chi connectivity index (χ0v) is 5.42. The molecule has 0 saturated carbocycles. The lowest BCUT2D eigenvalue weighted by atomic mass is 10.1. The van der Waals surface area contributed by atoms with E-state index in [1.165, 1.54) is 0 Å². The number of rotatable bonds is 0. The summed E-state index contributed by atoms with van der Waals surface area (Å²) in [6.07, 6.45) is 5.91. The lowest BCUT2D eigenvalue weighted by Gasteiger charge is -2.04. The average molecular weight is 123 g/mol. The van der Waals surface area contributed by atoms with Crippen molar-refractivity contribution in [1.82, 2.24) is 4.90 Å². The molecule has 1 atom stereocenters. The molecule has 0 aromatic carbocycles. The molecule has 0 N–H and O–H groups in total. The van der Waals surface area contributed by atoms with Crippen LogP contribution in [-0.2, 0) is 4.79 Å². The van der Waals surface area contributed by atoms with Gasteiger partial charge in [0.05, 0.1) is 0 Å². The third-order valence-electron chi connectivity index (χ3n) is 1.63. The summed E-state index contributed by atoms with van der Waals surface area (Å²) < 4.78 is 0. The van der Waals surface area contributed by atoms with Crippen LogP contribution in [0.4, 0.5) is 0 Å². The van der Waals surface area contributed by atoms with Gasteiger partial charge in [-0.15, -0.1) is 6.42 Å². The van der Waals surface area contributed by atoms with Crippen LogP contribution in [0.3, 0.4) is 0 Å². The lowest BCUT2D eigenvalue weighted by molar-refractivity contribution is -0.128. The summed E-state index contributed by atoms with van der Waals surface area (Å²) in [4.78, 5) is 12.6. The Bertz CT molecular complexity index is 168. The molecule has 0 bridgehead atoms. The van der Waals surface area contributed by atoms with Gasteiger partial charge in [0.2, 0.25) is 5.91 Å². The molecule has 0 aromatic heterocycles. The van der Waals surface area contributed by atoms with Crippen molar-refractivity contribution in [1.29, 1.82) is 0 Å². The van der Waals surface area contributed by atoms with Crippen molar-refractivity contribution in [3.8, 4) is 12.3 Å². The fourth-order valence-electron chi connectivity index (χ4n) is 0.977. The number of likely N-dealkylation sites (tertiary alicyclic amines) is 1. The second-order valence-corrected chi connectivity index (χ2v) is 2.27. The molecule has 9 heavy (non-hydrogen) atoms. The first-order valence-corrected chi connectivity index (χ1v) is 2.97. The predicted molar refractivity (Wildman–Crippen MR) is 34.6 cm³/mol. The normalized spacial score (nSPS) is 26.4. The second-order valence-electron chi connectivity index (χ2n) is 2.27. The summed E-state index contributed by atoms with van der Waals surface area (Å²) in [5, 5.41) is 0. The van der Waals surface area contributed by atoms with E-state index in [2.05, 4.69) is 5.92 Å². The summed E-state index contributed by atoms with van der Waals surface area (Å²) in [6, 6.07) is 0. The Labute approximate surface area is 54.8 Å². The summed E-state index contributed by atoms with van der Waals surface area (Å²) in [6.45, 7) is 0.813. The number of amides is 1. The first-order valence-electron chi connectivity index (χ1n) is 2.97. The van der Waals surface area contributed by atoms with Gasteiger partial charge in [0.25, 0.3) is 0 Å². The van der Waals surface area contributed by atoms with Crippen LogP contribution >= 0.6 is 0 Å². The summed E-state index contributed by atoms with van der Waals surface area (Å²) in [7, 11) is 1.78. The summed E-state index contributed by atoms with van der Waals surface area (Å²) >= 11 is 0. The van der Waals surface area contributed by atoms with Crippen LogP contribution in [0.25, 0.3) is 0 Å². The molecule has 2 nitrogen and oxygen atoms in total. The Kier molecular flexibility index (Phi) is 1.44. The van der Waals surface area contributed by atoms with Crippen molar-refractivity contribution < 1.29 is 4.79 Å². The van der Waals surface area contributed by atoms with Gasteiger partial charge in [0.1, 0.15) is 5.92 Å². The highest BCUT2D eigenvalue weighted by molar-refractivity contribution is 5.83. The molecule has 0 radical (unpaired) electrons. The molecule has 0 aromatic rings. The van der Waals surface area contributed by atoms with Crippen LogP contribution in [0.5, 0.6) is 0 Å². The number of hydrogen-bond donors (Lipinski definition) is 0. The largest absolute Gasteiger partial charge is 0.345 e. The quantitative estimate of drug-likeness (QED) is 0.418. The number of nitrogens with zero attached hydrogens (tertiary/aromatic N) is 1. The van der Waals surface area contributed by atoms with Crippen molar-refractivity contribution in [2.45, 2.75) is 6.42 Å². The Balaban J connectivity index is 2.65. The molecule has 1 heterocycles. The average Bonchev–Trinajstić information content (AvgIpc) is 2.15. The van der Waals surface area contributed by atoms with Crippen LogP contribution in [0, 0.1) is 18.3 Å². The maximum Gasteiger partial charge on any atom is 0.237 e. The maximum absolute atomic E-state index is 10.9. The van der Waals surface area contributed by atoms with E-state index in [1.807, 2.05) is 0 Å². The van der Waals surface area contributed by atoms with Gasteiger partial charge in [-0.25, -0.2) is 0 Å². The third-order valence-corrected chi connectivity index (χ3v) is 1.63. The highest BCUT2D eigenvalue weighted by atomic mass is 16.2. The molecule has 1 aliphatic rings. The van der Waals surface area contributed by atoms with E-state index in [-0.39, 0.29) is 11.8 Å². The fourth-order valence-corrected chi connectivity index (χ4v) is 0.977. The fraction of sp³-hybridized carbons (Fsp3) is 0.571. The van der Waals surface area contributed by atoms with E-state index in [9.17, 15) is 4.79 Å². The van der Waals surface area contributed by atoms with Crippen molar-refractivity contribution in [2.24, 2.45) is 5.92 Å². The minimum Gasteiger partial charge on any atom is -0.345 e. The number of hydrogen-bond acceptors (Lipinski definition) is 1. The standard InChI is InChI=1S/C7H9NO/c1-3-6-4-5-8(2)7(6)9/h1,6H,4-5H2,2H3/t6-/m0/s1. The van der Waals surface area contributed by atoms with Gasteiger partial charge in [-0.05, 0) is 6.42 Å². The van der Waals surface area contributed by atoms with Gasteiger partial charge < -0.3 is 4.90 Å². The molecule has 0 spiro atoms. The second kappa shape index (κ2) is 2.10. The van der Waals surface area contributed by atoms with Crippen LogP contribution < -0.4 is 0 Å². The molecule has 1 saturated heterocycles. The topological polar surface area (TPSA) is 20.3 Å². The monoisotopic (exact) mass is 123 g/mol. The highest BCUT2D eigenvalue weighted by Crippen LogP contribution is 2.13. The molecule has 2 heteroatoms. The van der Waals surface area contributed by atoms with Crippen LogP contribution in [0.15, 0.2) is 0 Å². The smallest absolute Gasteiger partial charge is 0.237 e. The van der Waals surface area contributed by atoms with Gasteiger partial charge in [-0.1, -0.05) is 5.92 Å². The predicted octanol–water partition coefficient (Wildman–Crippen LogP) is 0.0979. The van der Waals surface area contributed by atoms with Crippen LogP contribution in [0.1, 0.15) is 6.42 Å². The Morgan fingerprint density at radius 2 is 2.56 bits per heavy atom. The van der Waals surface area contributed by atoms with Crippen LogP contribution in [0.2, 0.25) is 0 Å². The highest BCUT2D eigenvalue weighted by Gasteiger charge is 2.26. The SMILES string of the molecule is C#C[C@H]1CCN(C)C1=O. The first-order chi connectivity index (χ1) is 4.25. The van der Waals surface area contributed by atoms with E-state index in [0.717, 1.165) is 13.0 Å². The van der Waals surface area contributed by atoms with Crippen molar-refractivity contribution >= 4 is 5.91 Å². The summed E-state index contributed by atoms with van der Waals surface area (Å²) in [5.41, 5.74) is 0. The van der Waals surface area contributed by atoms with Gasteiger partial charge in [-0.2, -0.15) is 0 Å². The van der Waals surface area contributed by atoms with Crippen molar-refractivity contribution in [2.75, 3.05) is 13.6 Å². The van der Waals surface area contributed by atoms with Crippen LogP contribution in [-0.4, -0.2) is 24.4 Å². The summed E-state index contributed by atoms with van der Waals surface area (Å²) in [5.74, 6) is 2.40. The molecule has 1 rings (SSSR count). The Morgan fingerprint density at radius 3 is 2.78 bits per heavy atom. The molecule has 0 unspecified atom stereocenters. The van der Waals surface area contributed by atoms with E-state index in [0.29, 0.717) is 0 Å². The van der Waals surface area contributed by atoms with Gasteiger partial charge in [-0.3, -0.25) is 4.79 Å². The molecule has 1 amide bonds. The zero-order chi connectivity index (χ0) is 6.85. The number of carbonyl (C=O) groups excluding carboxylic acids is 1. The Morgan fingerprint density at radius 1 is 1.89 bits per heavy atom. The first kappa shape index (κ1) is 6.15. The van der Waals surface area contributed by atoms with E-state index < -0.39 is 0 Å². The van der Waals surface area contributed by atoms with E-state index in [1.54, 1.807) is 11.9 Å². The zero-order valence-electron chi connectivity index (χ0n) is 5.42. The molecular formula is C7H9NO. The maximum atomic E-state index is 10.9. The van der Waals surface area contributed by atoms with Gasteiger partial charge in [0, 0.05) is 13.6 Å². The van der Waals surface area contributed by atoms with Crippen molar-refractivity contribution in [3.05, 3.63) is 0 Å². The molecule has 0 aliphatic carbocycles. The van der Waals surface area contributed by atoms with Gasteiger partial charge >= 0.3 is 0 Å². The molecular weight excluding hydrogens is 114 g/mol. The number of carbonyl (C=O) groups is 1. The van der Waals surface area contributed by atoms with Gasteiger partial charge in [0.15, 0.2) is 0 Å². The minimum absolute atomic E-state index is 0.0949.